The maximum absolute atomic E-state index is 12.7. The molecule has 1 amide bonds. The van der Waals surface area contributed by atoms with E-state index in [0.717, 1.165) is 55.5 Å². The number of ketones is 1. The van der Waals surface area contributed by atoms with Gasteiger partial charge in [-0.15, -0.1) is 0 Å². The van der Waals surface area contributed by atoms with Crippen molar-refractivity contribution >= 4 is 11.7 Å². The first kappa shape index (κ1) is 24.5. The highest BCUT2D eigenvalue weighted by molar-refractivity contribution is 5.95. The minimum absolute atomic E-state index is 0.00157. The van der Waals surface area contributed by atoms with Gasteiger partial charge in [-0.05, 0) is 87.0 Å². The lowest BCUT2D eigenvalue weighted by Crippen LogP contribution is -2.38. The van der Waals surface area contributed by atoms with Crippen LogP contribution in [0.15, 0.2) is 48.3 Å². The first-order chi connectivity index (χ1) is 17.4. The molecule has 0 N–H and O–H groups in total. The van der Waals surface area contributed by atoms with Crippen molar-refractivity contribution < 1.29 is 19.1 Å². The molecule has 0 bridgehead atoms. The maximum atomic E-state index is 12.7. The van der Waals surface area contributed by atoms with E-state index in [-0.39, 0.29) is 17.6 Å². The monoisotopic (exact) mass is 489 g/mol. The summed E-state index contributed by atoms with van der Waals surface area (Å²) in [5.74, 6) is 2.82. The van der Waals surface area contributed by atoms with Crippen LogP contribution in [0, 0.1) is 17.8 Å². The second-order valence-corrected chi connectivity index (χ2v) is 10.7. The molecular formula is C29H35N3O4. The van der Waals surface area contributed by atoms with Gasteiger partial charge in [0, 0.05) is 38.0 Å². The number of ether oxygens (including phenoxy) is 2. The number of nitrogens with zero attached hydrogens (tertiary/aromatic N) is 3. The number of hydrogen-bond acceptors (Lipinski definition) is 6. The van der Waals surface area contributed by atoms with E-state index in [2.05, 4.69) is 22.1 Å². The molecule has 36 heavy (non-hydrogen) atoms. The smallest absolute Gasteiger partial charge is 0.225 e. The molecule has 5 rings (SSSR count). The number of rotatable bonds is 10. The lowest BCUT2D eigenvalue weighted by atomic mass is 9.72. The predicted molar refractivity (Wildman–Crippen MR) is 136 cm³/mol. The van der Waals surface area contributed by atoms with Gasteiger partial charge >= 0.3 is 0 Å². The molecule has 2 saturated carbocycles. The molecule has 2 heterocycles. The van der Waals surface area contributed by atoms with Crippen molar-refractivity contribution in [2.24, 2.45) is 17.8 Å². The van der Waals surface area contributed by atoms with Gasteiger partial charge in [-0.1, -0.05) is 11.6 Å². The van der Waals surface area contributed by atoms with E-state index in [1.165, 1.54) is 12.8 Å². The molecule has 0 aliphatic heterocycles. The van der Waals surface area contributed by atoms with Gasteiger partial charge in [0.1, 0.15) is 5.75 Å². The Kier molecular flexibility index (Phi) is 7.35. The van der Waals surface area contributed by atoms with Crippen molar-refractivity contribution in [3.63, 3.8) is 0 Å². The number of carbonyl (C=O) groups excluding carboxylic acids is 2. The molecule has 3 aliphatic carbocycles. The second-order valence-electron chi connectivity index (χ2n) is 10.7. The summed E-state index contributed by atoms with van der Waals surface area (Å²) in [6, 6.07) is 7.81. The zero-order valence-corrected chi connectivity index (χ0v) is 21.2. The Labute approximate surface area is 212 Å². The van der Waals surface area contributed by atoms with Crippen LogP contribution >= 0.6 is 0 Å². The van der Waals surface area contributed by atoms with Crippen LogP contribution < -0.4 is 9.47 Å². The Morgan fingerprint density at radius 3 is 2.50 bits per heavy atom. The number of allylic oxidation sites excluding steroid dienone is 1. The third-order valence-corrected chi connectivity index (χ3v) is 7.38. The van der Waals surface area contributed by atoms with Crippen molar-refractivity contribution in [1.82, 2.24) is 14.9 Å². The van der Waals surface area contributed by atoms with Crippen molar-refractivity contribution in [2.45, 2.75) is 57.5 Å². The summed E-state index contributed by atoms with van der Waals surface area (Å²) in [6.07, 6.45) is 12.3. The fourth-order valence-corrected chi connectivity index (χ4v) is 4.96. The summed E-state index contributed by atoms with van der Waals surface area (Å²) in [4.78, 5) is 35.3. The number of aromatic nitrogens is 2. The number of pyridine rings is 2. The Bertz CT molecular complexity index is 1100. The van der Waals surface area contributed by atoms with Crippen molar-refractivity contribution in [1.29, 1.82) is 0 Å². The van der Waals surface area contributed by atoms with Gasteiger partial charge in [0.05, 0.1) is 12.8 Å². The molecule has 0 spiro atoms. The number of hydrogen-bond donors (Lipinski definition) is 0. The molecule has 2 fully saturated rings. The summed E-state index contributed by atoms with van der Waals surface area (Å²) in [7, 11) is 3.64. The van der Waals surface area contributed by atoms with E-state index in [1.54, 1.807) is 23.2 Å². The second kappa shape index (κ2) is 10.8. The van der Waals surface area contributed by atoms with Crippen molar-refractivity contribution in [3.05, 3.63) is 59.6 Å². The van der Waals surface area contributed by atoms with Crippen molar-refractivity contribution in [2.75, 3.05) is 20.7 Å². The van der Waals surface area contributed by atoms with Gasteiger partial charge in [0.2, 0.25) is 11.8 Å². The molecule has 7 nitrogen and oxygen atoms in total. The average molecular weight is 490 g/mol. The van der Waals surface area contributed by atoms with Crippen LogP contribution in [0.2, 0.25) is 0 Å². The minimum atomic E-state index is -0.472. The molecular weight excluding hydrogens is 454 g/mol. The number of carbonyl (C=O) groups is 2. The van der Waals surface area contributed by atoms with E-state index >= 15 is 0 Å². The fraction of sp³-hybridized carbons (Fsp3) is 0.517. The van der Waals surface area contributed by atoms with Crippen LogP contribution in [-0.2, 0) is 22.4 Å². The van der Waals surface area contributed by atoms with Gasteiger partial charge in [0.25, 0.3) is 0 Å². The zero-order valence-electron chi connectivity index (χ0n) is 21.2. The van der Waals surface area contributed by atoms with Gasteiger partial charge < -0.3 is 14.4 Å². The molecule has 7 heteroatoms. The summed E-state index contributed by atoms with van der Waals surface area (Å²) in [5, 5.41) is 0. The van der Waals surface area contributed by atoms with Gasteiger partial charge in [-0.25, -0.2) is 4.98 Å². The molecule has 0 unspecified atom stereocenters. The Morgan fingerprint density at radius 2 is 1.86 bits per heavy atom. The molecule has 0 saturated heterocycles. The molecule has 1 atom stereocenters. The molecule has 2 aromatic heterocycles. The highest BCUT2D eigenvalue weighted by atomic mass is 16.5. The molecule has 0 aromatic carbocycles. The fourth-order valence-electron chi connectivity index (χ4n) is 4.96. The Morgan fingerprint density at radius 1 is 1.03 bits per heavy atom. The van der Waals surface area contributed by atoms with E-state index in [9.17, 15) is 9.59 Å². The summed E-state index contributed by atoms with van der Waals surface area (Å²) in [6.45, 7) is 0.723. The predicted octanol–water partition coefficient (Wildman–Crippen LogP) is 4.20. The molecule has 3 aliphatic rings. The Balaban J connectivity index is 1.07. The Hall–Kier alpha value is -3.22. The van der Waals surface area contributed by atoms with Gasteiger partial charge in [-0.2, -0.15) is 0 Å². The standard InChI is InChI=1S/C29H35N3O4/c1-32(2)29(34)23-12-22(13-23)14-24-7-5-21(16-30-24)11-20-6-9-27(26(33)15-20)36-25-8-10-28(31-17-25)35-18-19-3-4-19/h5,7-8,10,15-17,19,22-23,27H,3-4,6,9,11-14,18H2,1-2H3/t22?,23?,27-/m1/s1. The number of amides is 1. The molecule has 2 aromatic rings. The summed E-state index contributed by atoms with van der Waals surface area (Å²) in [5.41, 5.74) is 3.29. The summed E-state index contributed by atoms with van der Waals surface area (Å²) >= 11 is 0. The van der Waals surface area contributed by atoms with Crippen LogP contribution in [0.4, 0.5) is 0 Å². The third kappa shape index (κ3) is 6.31. The van der Waals surface area contributed by atoms with E-state index < -0.39 is 6.10 Å². The highest BCUT2D eigenvalue weighted by Crippen LogP contribution is 2.37. The SMILES string of the molecule is CN(C)C(=O)C1CC(Cc2ccc(CC3=CC(=O)[C@H](Oc4ccc(OCC5CC5)nc4)CC3)cn2)C1. The molecule has 0 radical (unpaired) electrons. The van der Waals surface area contributed by atoms with E-state index in [0.29, 0.717) is 29.9 Å². The maximum Gasteiger partial charge on any atom is 0.225 e. The average Bonchev–Trinajstić information content (AvgIpc) is 3.67. The first-order valence-electron chi connectivity index (χ1n) is 13.1. The van der Waals surface area contributed by atoms with Crippen molar-refractivity contribution in [3.8, 4) is 11.6 Å². The minimum Gasteiger partial charge on any atom is -0.481 e. The van der Waals surface area contributed by atoms with Crippen LogP contribution in [0.1, 0.15) is 49.8 Å². The van der Waals surface area contributed by atoms with Crippen LogP contribution in [-0.4, -0.2) is 53.4 Å². The third-order valence-electron chi connectivity index (χ3n) is 7.38. The zero-order chi connectivity index (χ0) is 25.1. The van der Waals surface area contributed by atoms with E-state index in [4.69, 9.17) is 9.47 Å². The summed E-state index contributed by atoms with van der Waals surface area (Å²) < 4.78 is 11.6. The van der Waals surface area contributed by atoms with E-state index in [1.807, 2.05) is 26.4 Å². The quantitative estimate of drug-likeness (QED) is 0.498. The van der Waals surface area contributed by atoms with Crippen LogP contribution in [0.25, 0.3) is 0 Å². The molecule has 190 valence electrons. The lowest BCUT2D eigenvalue weighted by molar-refractivity contribution is -0.137. The van der Waals surface area contributed by atoms with Crippen LogP contribution in [0.3, 0.4) is 0 Å². The van der Waals surface area contributed by atoms with Crippen LogP contribution in [0.5, 0.6) is 11.6 Å². The lowest BCUT2D eigenvalue weighted by Gasteiger charge is -2.35. The van der Waals surface area contributed by atoms with Gasteiger partial charge in [0.15, 0.2) is 11.9 Å². The van der Waals surface area contributed by atoms with Gasteiger partial charge in [-0.3, -0.25) is 14.6 Å². The largest absolute Gasteiger partial charge is 0.481 e. The highest BCUT2D eigenvalue weighted by Gasteiger charge is 2.35. The normalized spacial score (nSPS) is 23.4. The first-order valence-corrected chi connectivity index (χ1v) is 13.1. The topological polar surface area (TPSA) is 81.6 Å².